The standard InChI is InChI=1S/C12H15BrN2O2/c1-8-4-9(8)6-14-7-10-5-11(13)2-3-12(10)15(16)17/h2-3,5,8-9,14H,4,6-7H2,1H3. The monoisotopic (exact) mass is 298 g/mol. The number of hydrogen-bond donors (Lipinski definition) is 1. The summed E-state index contributed by atoms with van der Waals surface area (Å²) < 4.78 is 0.875. The van der Waals surface area contributed by atoms with E-state index in [9.17, 15) is 10.1 Å². The van der Waals surface area contributed by atoms with Gasteiger partial charge in [-0.25, -0.2) is 0 Å². The lowest BCUT2D eigenvalue weighted by Crippen LogP contribution is -2.17. The minimum absolute atomic E-state index is 0.185. The first-order chi connectivity index (χ1) is 8.08. The van der Waals surface area contributed by atoms with Crippen LogP contribution < -0.4 is 5.32 Å². The lowest BCUT2D eigenvalue weighted by atomic mass is 10.2. The third kappa shape index (κ3) is 3.26. The maximum absolute atomic E-state index is 10.9. The van der Waals surface area contributed by atoms with E-state index in [2.05, 4.69) is 28.2 Å². The lowest BCUT2D eigenvalue weighted by molar-refractivity contribution is -0.385. The summed E-state index contributed by atoms with van der Waals surface area (Å²) in [5.41, 5.74) is 0.919. The van der Waals surface area contributed by atoms with Crippen LogP contribution in [-0.4, -0.2) is 11.5 Å². The molecule has 1 fully saturated rings. The van der Waals surface area contributed by atoms with Crippen LogP contribution in [0.3, 0.4) is 0 Å². The maximum Gasteiger partial charge on any atom is 0.273 e. The molecule has 1 N–H and O–H groups in total. The molecule has 0 saturated heterocycles. The molecule has 0 aliphatic heterocycles. The van der Waals surface area contributed by atoms with Gasteiger partial charge in [0.2, 0.25) is 0 Å². The average molecular weight is 299 g/mol. The van der Waals surface area contributed by atoms with Gasteiger partial charge in [-0.05, 0) is 36.9 Å². The molecule has 1 aliphatic carbocycles. The van der Waals surface area contributed by atoms with Crippen molar-refractivity contribution in [3.8, 4) is 0 Å². The number of halogens is 1. The summed E-state index contributed by atoms with van der Waals surface area (Å²) in [6, 6.07) is 5.05. The van der Waals surface area contributed by atoms with Crippen LogP contribution in [0.2, 0.25) is 0 Å². The molecule has 0 amide bonds. The zero-order valence-corrected chi connectivity index (χ0v) is 11.2. The van der Waals surface area contributed by atoms with Gasteiger partial charge < -0.3 is 5.32 Å². The number of hydrogen-bond acceptors (Lipinski definition) is 3. The zero-order chi connectivity index (χ0) is 12.4. The van der Waals surface area contributed by atoms with Gasteiger partial charge >= 0.3 is 0 Å². The zero-order valence-electron chi connectivity index (χ0n) is 9.65. The second-order valence-corrected chi connectivity index (χ2v) is 5.55. The van der Waals surface area contributed by atoms with Crippen molar-refractivity contribution in [3.63, 3.8) is 0 Å². The van der Waals surface area contributed by atoms with E-state index in [0.717, 1.165) is 28.4 Å². The highest BCUT2D eigenvalue weighted by Crippen LogP contribution is 2.36. The summed E-state index contributed by atoms with van der Waals surface area (Å²) in [5, 5.41) is 14.1. The number of rotatable bonds is 5. The van der Waals surface area contributed by atoms with E-state index in [1.54, 1.807) is 12.1 Å². The average Bonchev–Trinajstić information content (AvgIpc) is 2.94. The van der Waals surface area contributed by atoms with Crippen molar-refractivity contribution in [1.82, 2.24) is 5.32 Å². The fourth-order valence-corrected chi connectivity index (χ4v) is 2.36. The van der Waals surface area contributed by atoms with Crippen molar-refractivity contribution >= 4 is 21.6 Å². The Morgan fingerprint density at radius 3 is 2.88 bits per heavy atom. The van der Waals surface area contributed by atoms with Gasteiger partial charge in [0.05, 0.1) is 4.92 Å². The van der Waals surface area contributed by atoms with Crippen molar-refractivity contribution in [3.05, 3.63) is 38.3 Å². The fraction of sp³-hybridized carbons (Fsp3) is 0.500. The second-order valence-electron chi connectivity index (χ2n) is 4.63. The van der Waals surface area contributed by atoms with Crippen LogP contribution >= 0.6 is 15.9 Å². The van der Waals surface area contributed by atoms with Gasteiger partial charge in [0.15, 0.2) is 0 Å². The predicted molar refractivity (Wildman–Crippen MR) is 69.8 cm³/mol. The van der Waals surface area contributed by atoms with Gasteiger partial charge in [-0.3, -0.25) is 10.1 Å². The fourth-order valence-electron chi connectivity index (χ4n) is 1.95. The molecule has 0 radical (unpaired) electrons. The second kappa shape index (κ2) is 5.14. The molecule has 92 valence electrons. The molecule has 5 heteroatoms. The van der Waals surface area contributed by atoms with Crippen LogP contribution in [0.5, 0.6) is 0 Å². The molecule has 4 nitrogen and oxygen atoms in total. The highest BCUT2D eigenvalue weighted by Gasteiger charge is 2.31. The van der Waals surface area contributed by atoms with Gasteiger partial charge in [-0.1, -0.05) is 22.9 Å². The SMILES string of the molecule is CC1CC1CNCc1cc(Br)ccc1[N+](=O)[O-]. The normalized spacial score (nSPS) is 22.5. The van der Waals surface area contributed by atoms with Gasteiger partial charge in [-0.15, -0.1) is 0 Å². The van der Waals surface area contributed by atoms with E-state index in [4.69, 9.17) is 0 Å². The number of nitro groups is 1. The summed E-state index contributed by atoms with van der Waals surface area (Å²) >= 11 is 3.34. The molecule has 0 heterocycles. The largest absolute Gasteiger partial charge is 0.312 e. The van der Waals surface area contributed by atoms with Crippen LogP contribution in [0.25, 0.3) is 0 Å². The number of nitrogens with one attached hydrogen (secondary N) is 1. The molecule has 1 aromatic carbocycles. The lowest BCUT2D eigenvalue weighted by Gasteiger charge is -2.05. The Hall–Kier alpha value is -0.940. The van der Waals surface area contributed by atoms with E-state index < -0.39 is 0 Å². The highest BCUT2D eigenvalue weighted by atomic mass is 79.9. The van der Waals surface area contributed by atoms with Crippen molar-refractivity contribution in [2.45, 2.75) is 19.9 Å². The number of benzene rings is 1. The van der Waals surface area contributed by atoms with Crippen LogP contribution in [0, 0.1) is 22.0 Å². The first-order valence-electron chi connectivity index (χ1n) is 5.71. The number of nitrogens with zero attached hydrogens (tertiary/aromatic N) is 1. The Balaban J connectivity index is 1.97. The summed E-state index contributed by atoms with van der Waals surface area (Å²) in [6.45, 7) is 3.73. The van der Waals surface area contributed by atoms with Crippen molar-refractivity contribution in [1.29, 1.82) is 0 Å². The third-order valence-electron chi connectivity index (χ3n) is 3.24. The minimum atomic E-state index is -0.330. The number of nitro benzene ring substituents is 1. The van der Waals surface area contributed by atoms with Gasteiger partial charge in [0.1, 0.15) is 0 Å². The summed E-state index contributed by atoms with van der Waals surface area (Å²) in [6.07, 6.45) is 1.27. The Labute approximate surface area is 109 Å². The Morgan fingerprint density at radius 1 is 1.59 bits per heavy atom. The predicted octanol–water partition coefficient (Wildman–Crippen LogP) is 3.10. The van der Waals surface area contributed by atoms with Gasteiger partial charge in [0, 0.05) is 22.6 Å². The topological polar surface area (TPSA) is 55.2 Å². The molecule has 1 aromatic rings. The molecule has 2 unspecified atom stereocenters. The molecule has 17 heavy (non-hydrogen) atoms. The molecule has 0 aromatic heterocycles. The van der Waals surface area contributed by atoms with E-state index in [0.29, 0.717) is 6.54 Å². The molecular weight excluding hydrogens is 284 g/mol. The Morgan fingerprint density at radius 2 is 2.29 bits per heavy atom. The first kappa shape index (κ1) is 12.5. The Kier molecular flexibility index (Phi) is 3.79. The summed E-state index contributed by atoms with van der Waals surface area (Å²) in [5.74, 6) is 1.56. The minimum Gasteiger partial charge on any atom is -0.312 e. The first-order valence-corrected chi connectivity index (χ1v) is 6.50. The van der Waals surface area contributed by atoms with Gasteiger partial charge in [-0.2, -0.15) is 0 Å². The van der Waals surface area contributed by atoms with Crippen LogP contribution in [0.15, 0.2) is 22.7 Å². The van der Waals surface area contributed by atoms with Crippen LogP contribution in [0.4, 0.5) is 5.69 Å². The Bertz CT molecular complexity index is 437. The van der Waals surface area contributed by atoms with Crippen molar-refractivity contribution < 1.29 is 4.92 Å². The third-order valence-corrected chi connectivity index (χ3v) is 3.73. The van der Waals surface area contributed by atoms with E-state index in [1.807, 2.05) is 6.07 Å². The van der Waals surface area contributed by atoms with Crippen molar-refractivity contribution in [2.24, 2.45) is 11.8 Å². The molecule has 2 rings (SSSR count). The van der Waals surface area contributed by atoms with Crippen LogP contribution in [-0.2, 0) is 6.54 Å². The molecular formula is C12H15BrN2O2. The molecule has 0 bridgehead atoms. The highest BCUT2D eigenvalue weighted by molar-refractivity contribution is 9.10. The molecule has 0 spiro atoms. The quantitative estimate of drug-likeness (QED) is 0.671. The molecule has 1 aliphatic rings. The maximum atomic E-state index is 10.9. The molecule has 1 saturated carbocycles. The smallest absolute Gasteiger partial charge is 0.273 e. The van der Waals surface area contributed by atoms with Crippen molar-refractivity contribution in [2.75, 3.05) is 6.54 Å². The molecule has 2 atom stereocenters. The summed E-state index contributed by atoms with van der Waals surface area (Å²) in [7, 11) is 0. The van der Waals surface area contributed by atoms with Crippen LogP contribution in [0.1, 0.15) is 18.9 Å². The summed E-state index contributed by atoms with van der Waals surface area (Å²) in [4.78, 5) is 10.5. The van der Waals surface area contributed by atoms with E-state index >= 15 is 0 Å². The van der Waals surface area contributed by atoms with Gasteiger partial charge in [0.25, 0.3) is 5.69 Å². The van der Waals surface area contributed by atoms with E-state index in [-0.39, 0.29) is 10.6 Å². The van der Waals surface area contributed by atoms with E-state index in [1.165, 1.54) is 6.42 Å².